The lowest BCUT2D eigenvalue weighted by Gasteiger charge is -2.26. The number of fused-ring (bicyclic) bond motifs is 2. The molecule has 4 aromatic rings. The van der Waals surface area contributed by atoms with Crippen LogP contribution in [0.4, 0.5) is 5.69 Å². The SMILES string of the molecule is O=C(Nc1ccc(CCc2nc3ccccc3n2-c2ccccc2)cc1)C1NNC2CCCCC21. The first kappa shape index (κ1) is 22.0. The summed E-state index contributed by atoms with van der Waals surface area (Å²) in [4.78, 5) is 17.8. The van der Waals surface area contributed by atoms with E-state index in [1.807, 2.05) is 24.3 Å². The van der Waals surface area contributed by atoms with Crippen LogP contribution in [0.3, 0.4) is 0 Å². The highest BCUT2D eigenvalue weighted by Gasteiger charge is 2.40. The highest BCUT2D eigenvalue weighted by Crippen LogP contribution is 2.30. The second-order valence-electron chi connectivity index (χ2n) is 9.70. The van der Waals surface area contributed by atoms with Crippen molar-refractivity contribution >= 4 is 22.6 Å². The normalized spacial score (nSPS) is 21.7. The first-order valence-corrected chi connectivity index (χ1v) is 12.7. The third kappa shape index (κ3) is 4.47. The van der Waals surface area contributed by atoms with Gasteiger partial charge < -0.3 is 5.32 Å². The minimum Gasteiger partial charge on any atom is -0.325 e. The number of nitrogens with zero attached hydrogens (tertiary/aromatic N) is 2. The molecule has 1 saturated carbocycles. The number of rotatable bonds is 6. The number of imidazole rings is 1. The molecule has 1 aliphatic heterocycles. The molecule has 35 heavy (non-hydrogen) atoms. The van der Waals surface area contributed by atoms with Crippen LogP contribution in [0, 0.1) is 5.92 Å². The van der Waals surface area contributed by atoms with Gasteiger partial charge in [0.05, 0.1) is 11.0 Å². The van der Waals surface area contributed by atoms with Crippen LogP contribution >= 0.6 is 0 Å². The summed E-state index contributed by atoms with van der Waals surface area (Å²) in [6.07, 6.45) is 6.41. The summed E-state index contributed by atoms with van der Waals surface area (Å²) in [5.41, 5.74) is 11.9. The average Bonchev–Trinajstić information content (AvgIpc) is 3.50. The maximum Gasteiger partial charge on any atom is 0.243 e. The Balaban J connectivity index is 1.14. The smallest absolute Gasteiger partial charge is 0.243 e. The van der Waals surface area contributed by atoms with Gasteiger partial charge in [0.2, 0.25) is 5.91 Å². The van der Waals surface area contributed by atoms with E-state index in [-0.39, 0.29) is 11.9 Å². The number of nitrogens with one attached hydrogen (secondary N) is 3. The van der Waals surface area contributed by atoms with Gasteiger partial charge in [-0.05, 0) is 61.2 Å². The maximum absolute atomic E-state index is 12.9. The zero-order chi connectivity index (χ0) is 23.6. The van der Waals surface area contributed by atoms with Crippen molar-refractivity contribution < 1.29 is 4.79 Å². The first-order chi connectivity index (χ1) is 17.3. The number of aryl methyl sites for hydroxylation is 2. The van der Waals surface area contributed by atoms with Crippen molar-refractivity contribution in [2.24, 2.45) is 5.92 Å². The number of para-hydroxylation sites is 3. The Kier molecular flexibility index (Phi) is 6.06. The van der Waals surface area contributed by atoms with Crippen LogP contribution in [-0.2, 0) is 17.6 Å². The lowest BCUT2D eigenvalue weighted by Crippen LogP contribution is -2.42. The van der Waals surface area contributed by atoms with Gasteiger partial charge in [-0.25, -0.2) is 10.4 Å². The predicted molar refractivity (Wildman–Crippen MR) is 139 cm³/mol. The van der Waals surface area contributed by atoms with Crippen molar-refractivity contribution in [3.8, 4) is 5.69 Å². The summed E-state index contributed by atoms with van der Waals surface area (Å²) in [7, 11) is 0. The number of benzene rings is 3. The Labute approximate surface area is 205 Å². The fourth-order valence-electron chi connectivity index (χ4n) is 5.64. The van der Waals surface area contributed by atoms with Gasteiger partial charge in [0.1, 0.15) is 11.9 Å². The molecule has 1 saturated heterocycles. The molecule has 3 atom stereocenters. The number of hydrogen-bond donors (Lipinski definition) is 3. The van der Waals surface area contributed by atoms with Gasteiger partial charge in [0, 0.05) is 29.8 Å². The fourth-order valence-corrected chi connectivity index (χ4v) is 5.64. The molecule has 3 aromatic carbocycles. The molecule has 1 aromatic heterocycles. The van der Waals surface area contributed by atoms with Crippen LogP contribution < -0.4 is 16.2 Å². The van der Waals surface area contributed by atoms with E-state index in [4.69, 9.17) is 4.98 Å². The number of carbonyl (C=O) groups is 1. The topological polar surface area (TPSA) is 71.0 Å². The van der Waals surface area contributed by atoms with E-state index < -0.39 is 0 Å². The van der Waals surface area contributed by atoms with Crippen LogP contribution in [0.25, 0.3) is 16.7 Å². The molecule has 0 bridgehead atoms. The van der Waals surface area contributed by atoms with Gasteiger partial charge in [-0.2, -0.15) is 0 Å². The molecule has 6 nitrogen and oxygen atoms in total. The highest BCUT2D eigenvalue weighted by atomic mass is 16.2. The predicted octanol–water partition coefficient (Wildman–Crippen LogP) is 4.78. The van der Waals surface area contributed by atoms with Crippen molar-refractivity contribution in [2.75, 3.05) is 5.32 Å². The Bertz CT molecular complexity index is 1310. The second kappa shape index (κ2) is 9.64. The van der Waals surface area contributed by atoms with Crippen LogP contribution in [0.2, 0.25) is 0 Å². The van der Waals surface area contributed by atoms with Crippen molar-refractivity contribution in [3.63, 3.8) is 0 Å². The molecule has 6 rings (SSSR count). The molecule has 2 fully saturated rings. The minimum absolute atomic E-state index is 0.0521. The fraction of sp³-hybridized carbons (Fsp3) is 0.310. The van der Waals surface area contributed by atoms with E-state index in [1.54, 1.807) is 0 Å². The molecule has 1 aliphatic carbocycles. The van der Waals surface area contributed by atoms with E-state index in [2.05, 4.69) is 75.3 Å². The third-order valence-electron chi connectivity index (χ3n) is 7.46. The Morgan fingerprint density at radius 2 is 1.66 bits per heavy atom. The van der Waals surface area contributed by atoms with Crippen LogP contribution in [0.1, 0.15) is 37.1 Å². The molecule has 0 spiro atoms. The second-order valence-corrected chi connectivity index (χ2v) is 9.70. The molecule has 2 aliphatic rings. The zero-order valence-electron chi connectivity index (χ0n) is 19.8. The van der Waals surface area contributed by atoms with E-state index in [0.717, 1.165) is 53.9 Å². The first-order valence-electron chi connectivity index (χ1n) is 12.7. The van der Waals surface area contributed by atoms with Crippen LogP contribution in [0.15, 0.2) is 78.9 Å². The van der Waals surface area contributed by atoms with Gasteiger partial charge in [0.25, 0.3) is 0 Å². The van der Waals surface area contributed by atoms with Crippen molar-refractivity contribution in [1.29, 1.82) is 0 Å². The standard InChI is InChI=1S/C29H31N5O/c35-29(28-23-10-4-5-11-24(23)32-33-28)30-21-17-14-20(15-18-21)16-19-27-31-25-12-6-7-13-26(25)34(27)22-8-2-1-3-9-22/h1-3,6-9,12-15,17-18,23-24,28,32-33H,4-5,10-11,16,19H2,(H,30,35). The van der Waals surface area contributed by atoms with Crippen LogP contribution in [-0.4, -0.2) is 27.5 Å². The number of aromatic nitrogens is 2. The molecule has 3 unspecified atom stereocenters. The Hall–Kier alpha value is -3.48. The van der Waals surface area contributed by atoms with Gasteiger partial charge >= 0.3 is 0 Å². The summed E-state index contributed by atoms with van der Waals surface area (Å²) in [5, 5.41) is 3.11. The van der Waals surface area contributed by atoms with Gasteiger partial charge in [-0.3, -0.25) is 14.8 Å². The third-order valence-corrected chi connectivity index (χ3v) is 7.46. The molecular weight excluding hydrogens is 434 g/mol. The van der Waals surface area contributed by atoms with E-state index >= 15 is 0 Å². The van der Waals surface area contributed by atoms with Crippen molar-refractivity contribution in [3.05, 3.63) is 90.3 Å². The molecule has 1 amide bonds. The van der Waals surface area contributed by atoms with Crippen molar-refractivity contribution in [2.45, 2.75) is 50.6 Å². The number of anilines is 1. The van der Waals surface area contributed by atoms with E-state index in [9.17, 15) is 4.79 Å². The molecule has 3 N–H and O–H groups in total. The lowest BCUT2D eigenvalue weighted by atomic mass is 9.81. The maximum atomic E-state index is 12.9. The average molecular weight is 466 g/mol. The van der Waals surface area contributed by atoms with Crippen LogP contribution in [0.5, 0.6) is 0 Å². The number of hydrazine groups is 1. The molecule has 6 heteroatoms. The van der Waals surface area contributed by atoms with Gasteiger partial charge in [-0.15, -0.1) is 0 Å². The monoisotopic (exact) mass is 465 g/mol. The van der Waals surface area contributed by atoms with Crippen molar-refractivity contribution in [1.82, 2.24) is 20.4 Å². The summed E-state index contributed by atoms with van der Waals surface area (Å²) >= 11 is 0. The molecule has 178 valence electrons. The lowest BCUT2D eigenvalue weighted by molar-refractivity contribution is -0.118. The van der Waals surface area contributed by atoms with E-state index in [0.29, 0.717) is 12.0 Å². The number of carbonyl (C=O) groups excluding carboxylic acids is 1. The minimum atomic E-state index is -0.161. The highest BCUT2D eigenvalue weighted by molar-refractivity contribution is 5.95. The summed E-state index contributed by atoms with van der Waals surface area (Å²) < 4.78 is 2.26. The number of amides is 1. The quantitative estimate of drug-likeness (QED) is 0.383. The largest absolute Gasteiger partial charge is 0.325 e. The molecule has 2 heterocycles. The van der Waals surface area contributed by atoms with Gasteiger partial charge in [0.15, 0.2) is 0 Å². The number of hydrogen-bond acceptors (Lipinski definition) is 4. The zero-order valence-corrected chi connectivity index (χ0v) is 19.8. The Morgan fingerprint density at radius 1 is 0.886 bits per heavy atom. The van der Waals surface area contributed by atoms with E-state index in [1.165, 1.54) is 18.4 Å². The summed E-state index contributed by atoms with van der Waals surface area (Å²) in [6, 6.07) is 27.2. The Morgan fingerprint density at radius 3 is 2.51 bits per heavy atom. The summed E-state index contributed by atoms with van der Waals surface area (Å²) in [6.45, 7) is 0. The van der Waals surface area contributed by atoms with Gasteiger partial charge in [-0.1, -0.05) is 55.3 Å². The molecular formula is C29H31N5O. The molecule has 0 radical (unpaired) electrons. The summed E-state index contributed by atoms with van der Waals surface area (Å²) in [5.74, 6) is 1.49.